The monoisotopic (exact) mass is 511 g/mol. The smallest absolute Gasteiger partial charge is 0.248 e. The molecule has 2 aromatic carbocycles. The molecule has 10 heteroatoms. The van der Waals surface area contributed by atoms with E-state index in [0.717, 1.165) is 16.5 Å². The number of pyridine rings is 1. The van der Waals surface area contributed by atoms with Gasteiger partial charge in [0, 0.05) is 60.8 Å². The van der Waals surface area contributed by atoms with Gasteiger partial charge in [-0.2, -0.15) is 4.31 Å². The molecular weight excluding hydrogens is 482 g/mol. The number of nitrogens with zero attached hydrogens (tertiary/aromatic N) is 2. The van der Waals surface area contributed by atoms with Gasteiger partial charge < -0.3 is 19.4 Å². The quantitative estimate of drug-likeness (QED) is 0.505. The fraction of sp³-hybridized carbons (Fsp3) is 0.385. The van der Waals surface area contributed by atoms with Crippen LogP contribution < -0.4 is 10.5 Å². The molecule has 2 aliphatic heterocycles. The van der Waals surface area contributed by atoms with Crippen LogP contribution in [0.25, 0.3) is 10.9 Å². The molecule has 3 aromatic rings. The number of aromatic amines is 1. The predicted molar refractivity (Wildman–Crippen MR) is 136 cm³/mol. The first-order chi connectivity index (χ1) is 17.3. The number of carbonyl (C=O) groups is 1. The van der Waals surface area contributed by atoms with E-state index in [0.29, 0.717) is 56.3 Å². The fourth-order valence-electron chi connectivity index (χ4n) is 4.78. The number of Topliss-reactive ketones (excluding diaryl/α,β-unsaturated/α-hetero) is 1. The van der Waals surface area contributed by atoms with Crippen LogP contribution in [0.2, 0.25) is 0 Å². The van der Waals surface area contributed by atoms with Gasteiger partial charge in [-0.05, 0) is 48.4 Å². The molecule has 2 saturated heterocycles. The van der Waals surface area contributed by atoms with E-state index in [1.54, 1.807) is 18.2 Å². The largest absolute Gasteiger partial charge is 0.379 e. The van der Waals surface area contributed by atoms with Gasteiger partial charge in [-0.15, -0.1) is 0 Å². The van der Waals surface area contributed by atoms with E-state index in [2.05, 4.69) is 9.88 Å². The molecule has 2 aliphatic rings. The lowest BCUT2D eigenvalue weighted by Crippen LogP contribution is -2.40. The Morgan fingerprint density at radius 2 is 1.64 bits per heavy atom. The summed E-state index contributed by atoms with van der Waals surface area (Å²) in [4.78, 5) is 30.4. The van der Waals surface area contributed by atoms with E-state index in [-0.39, 0.29) is 35.7 Å². The Hall–Kier alpha value is -3.05. The van der Waals surface area contributed by atoms with E-state index in [1.807, 2.05) is 19.1 Å². The summed E-state index contributed by atoms with van der Waals surface area (Å²) in [5.41, 5.74) is 3.25. The Balaban J connectivity index is 1.51. The third-order valence-electron chi connectivity index (χ3n) is 6.71. The summed E-state index contributed by atoms with van der Waals surface area (Å²) in [5.74, 6) is -0.169. The highest BCUT2D eigenvalue weighted by molar-refractivity contribution is 7.89. The van der Waals surface area contributed by atoms with E-state index in [1.165, 1.54) is 16.4 Å². The molecule has 0 saturated carbocycles. The molecule has 1 aromatic heterocycles. The predicted octanol–water partition coefficient (Wildman–Crippen LogP) is 2.12. The maximum Gasteiger partial charge on any atom is 0.248 e. The molecule has 1 N–H and O–H groups in total. The van der Waals surface area contributed by atoms with Crippen molar-refractivity contribution in [3.63, 3.8) is 0 Å². The summed E-state index contributed by atoms with van der Waals surface area (Å²) in [7, 11) is -3.75. The molecule has 0 atom stereocenters. The first kappa shape index (κ1) is 24.6. The Morgan fingerprint density at radius 1 is 0.944 bits per heavy atom. The lowest BCUT2D eigenvalue weighted by molar-refractivity contribution is 0.0730. The Bertz CT molecular complexity index is 1450. The number of ether oxygens (including phenoxy) is 2. The average Bonchev–Trinajstić information content (AvgIpc) is 2.89. The third kappa shape index (κ3) is 4.94. The molecule has 0 spiro atoms. The number of rotatable bonds is 6. The minimum atomic E-state index is -3.75. The number of hydrogen-bond acceptors (Lipinski definition) is 7. The molecule has 2 fully saturated rings. The number of anilines is 1. The van der Waals surface area contributed by atoms with E-state index < -0.39 is 10.0 Å². The first-order valence-electron chi connectivity index (χ1n) is 12.0. The summed E-state index contributed by atoms with van der Waals surface area (Å²) >= 11 is 0. The normalized spacial score (nSPS) is 17.4. The van der Waals surface area contributed by atoms with Crippen LogP contribution in [0.4, 0.5) is 5.69 Å². The lowest BCUT2D eigenvalue weighted by Gasteiger charge is -2.31. The van der Waals surface area contributed by atoms with Gasteiger partial charge in [-0.1, -0.05) is 6.07 Å². The minimum Gasteiger partial charge on any atom is -0.379 e. The molecule has 36 heavy (non-hydrogen) atoms. The van der Waals surface area contributed by atoms with E-state index >= 15 is 0 Å². The van der Waals surface area contributed by atoms with Gasteiger partial charge in [0.1, 0.15) is 0 Å². The molecule has 190 valence electrons. The summed E-state index contributed by atoms with van der Waals surface area (Å²) < 4.78 is 38.8. The molecule has 5 rings (SSSR count). The Morgan fingerprint density at radius 3 is 2.36 bits per heavy atom. The standard InChI is InChI=1S/C26H29N3O6S/c1-18-14-26(31)27-23-4-2-19(15-21(18)23)16-25(30)22-17-20(36(32,33)29-8-12-35-13-9-29)3-5-24(22)28-6-10-34-11-7-28/h2-5,14-15,17H,6-13,16H2,1H3,(H,27,31). The van der Waals surface area contributed by atoms with Crippen molar-refractivity contribution in [3.8, 4) is 0 Å². The fourth-order valence-corrected chi connectivity index (χ4v) is 6.21. The highest BCUT2D eigenvalue weighted by Crippen LogP contribution is 2.29. The number of carbonyl (C=O) groups excluding carboxylic acids is 1. The van der Waals surface area contributed by atoms with Gasteiger partial charge in [0.15, 0.2) is 5.78 Å². The van der Waals surface area contributed by atoms with Gasteiger partial charge in [-0.3, -0.25) is 9.59 Å². The number of sulfonamides is 1. The highest BCUT2D eigenvalue weighted by Gasteiger charge is 2.29. The maximum atomic E-state index is 13.7. The number of ketones is 1. The molecule has 0 bridgehead atoms. The topological polar surface area (TPSA) is 109 Å². The summed E-state index contributed by atoms with van der Waals surface area (Å²) in [6.45, 7) is 5.47. The van der Waals surface area contributed by atoms with Crippen LogP contribution in [0.5, 0.6) is 0 Å². The Labute approximate surface area is 209 Å². The molecular formula is C26H29N3O6S. The zero-order valence-corrected chi connectivity index (χ0v) is 21.0. The molecule has 0 aliphatic carbocycles. The van der Waals surface area contributed by atoms with E-state index in [9.17, 15) is 18.0 Å². The number of benzene rings is 2. The van der Waals surface area contributed by atoms with Crippen LogP contribution in [-0.2, 0) is 25.9 Å². The number of H-pyrrole nitrogens is 1. The second-order valence-electron chi connectivity index (χ2n) is 9.09. The number of aromatic nitrogens is 1. The third-order valence-corrected chi connectivity index (χ3v) is 8.60. The van der Waals surface area contributed by atoms with Crippen LogP contribution in [0.1, 0.15) is 21.5 Å². The number of morpholine rings is 2. The summed E-state index contributed by atoms with van der Waals surface area (Å²) in [6, 6.07) is 11.9. The molecule has 3 heterocycles. The van der Waals surface area contributed by atoms with Crippen LogP contribution >= 0.6 is 0 Å². The van der Waals surface area contributed by atoms with Gasteiger partial charge in [0.05, 0.1) is 31.3 Å². The van der Waals surface area contributed by atoms with Crippen molar-refractivity contribution in [2.45, 2.75) is 18.2 Å². The van der Waals surface area contributed by atoms with Crippen molar-refractivity contribution in [2.75, 3.05) is 57.5 Å². The molecule has 9 nitrogen and oxygen atoms in total. The van der Waals surface area contributed by atoms with Crippen LogP contribution in [0.15, 0.2) is 52.2 Å². The van der Waals surface area contributed by atoms with Crippen molar-refractivity contribution >= 4 is 32.4 Å². The molecule has 0 unspecified atom stereocenters. The Kier molecular flexibility index (Phi) is 6.94. The molecule has 0 radical (unpaired) electrons. The summed E-state index contributed by atoms with van der Waals surface area (Å²) in [5, 5.41) is 0.872. The summed E-state index contributed by atoms with van der Waals surface area (Å²) in [6.07, 6.45) is 0.104. The first-order valence-corrected chi connectivity index (χ1v) is 13.5. The van der Waals surface area contributed by atoms with Gasteiger partial charge in [-0.25, -0.2) is 8.42 Å². The van der Waals surface area contributed by atoms with Crippen molar-refractivity contribution in [2.24, 2.45) is 0 Å². The van der Waals surface area contributed by atoms with Gasteiger partial charge >= 0.3 is 0 Å². The van der Waals surface area contributed by atoms with Gasteiger partial charge in [0.25, 0.3) is 0 Å². The average molecular weight is 512 g/mol. The second kappa shape index (κ2) is 10.1. The van der Waals surface area contributed by atoms with Crippen molar-refractivity contribution in [1.82, 2.24) is 9.29 Å². The van der Waals surface area contributed by atoms with Crippen LogP contribution in [0.3, 0.4) is 0 Å². The zero-order chi connectivity index (χ0) is 25.3. The van der Waals surface area contributed by atoms with Crippen molar-refractivity contribution in [1.29, 1.82) is 0 Å². The highest BCUT2D eigenvalue weighted by atomic mass is 32.2. The molecule has 0 amide bonds. The number of hydrogen-bond donors (Lipinski definition) is 1. The number of aryl methyl sites for hydroxylation is 1. The van der Waals surface area contributed by atoms with Crippen LogP contribution in [-0.4, -0.2) is 76.1 Å². The van der Waals surface area contributed by atoms with Crippen LogP contribution in [0, 0.1) is 6.92 Å². The second-order valence-corrected chi connectivity index (χ2v) is 11.0. The zero-order valence-electron chi connectivity index (χ0n) is 20.2. The lowest BCUT2D eigenvalue weighted by atomic mass is 9.98. The number of nitrogens with one attached hydrogen (secondary N) is 1. The van der Waals surface area contributed by atoms with Crippen molar-refractivity contribution < 1.29 is 22.7 Å². The van der Waals surface area contributed by atoms with Crippen molar-refractivity contribution in [3.05, 3.63) is 69.5 Å². The van der Waals surface area contributed by atoms with E-state index in [4.69, 9.17) is 9.47 Å². The van der Waals surface area contributed by atoms with Gasteiger partial charge in [0.2, 0.25) is 15.6 Å². The minimum absolute atomic E-state index is 0.104. The number of fused-ring (bicyclic) bond motifs is 1. The SMILES string of the molecule is Cc1cc(=O)[nH]c2ccc(CC(=O)c3cc(S(=O)(=O)N4CCOCC4)ccc3N3CCOCC3)cc12. The maximum absolute atomic E-state index is 13.7.